The number of hydrogen-bond acceptors (Lipinski definition) is 3. The van der Waals surface area contributed by atoms with Crippen molar-refractivity contribution in [1.82, 2.24) is 9.47 Å². The van der Waals surface area contributed by atoms with Gasteiger partial charge in [0.25, 0.3) is 0 Å². The smallest absolute Gasteiger partial charge is 0.354 e. The van der Waals surface area contributed by atoms with Gasteiger partial charge in [-0.15, -0.1) is 0 Å². The van der Waals surface area contributed by atoms with Crippen LogP contribution in [0.5, 0.6) is 0 Å². The lowest BCUT2D eigenvalue weighted by Crippen LogP contribution is -2.34. The van der Waals surface area contributed by atoms with Crippen molar-refractivity contribution in [2.24, 2.45) is 0 Å². The first-order valence-electron chi connectivity index (χ1n) is 8.00. The monoisotopic (exact) mass is 350 g/mol. The first kappa shape index (κ1) is 17.0. The molecule has 0 unspecified atom stereocenters. The Labute approximate surface area is 145 Å². The molecule has 0 amide bonds. The summed E-state index contributed by atoms with van der Waals surface area (Å²) in [7, 11) is 1.40. The van der Waals surface area contributed by atoms with Crippen molar-refractivity contribution in [1.29, 1.82) is 0 Å². The van der Waals surface area contributed by atoms with E-state index in [0.717, 1.165) is 31.5 Å². The van der Waals surface area contributed by atoms with Crippen LogP contribution in [0, 0.1) is 5.82 Å². The number of esters is 1. The van der Waals surface area contributed by atoms with E-state index in [-0.39, 0.29) is 17.8 Å². The van der Waals surface area contributed by atoms with Gasteiger partial charge in [0.15, 0.2) is 0 Å². The molecule has 0 aliphatic carbocycles. The van der Waals surface area contributed by atoms with Gasteiger partial charge >= 0.3 is 5.97 Å². The van der Waals surface area contributed by atoms with Crippen LogP contribution in [0.3, 0.4) is 0 Å². The van der Waals surface area contributed by atoms with Gasteiger partial charge in [0.2, 0.25) is 0 Å². The molecule has 4 nitrogen and oxygen atoms in total. The molecule has 0 bridgehead atoms. The molecule has 1 aromatic heterocycles. The molecule has 1 aromatic carbocycles. The number of hydrogen-bond donors (Lipinski definition) is 0. The van der Waals surface area contributed by atoms with E-state index in [2.05, 4.69) is 4.90 Å². The summed E-state index contributed by atoms with van der Waals surface area (Å²) in [5.74, 6) is -0.620. The Morgan fingerprint density at radius 3 is 2.75 bits per heavy atom. The van der Waals surface area contributed by atoms with Crippen molar-refractivity contribution in [3.05, 3.63) is 58.6 Å². The van der Waals surface area contributed by atoms with Crippen LogP contribution in [0.4, 0.5) is 4.39 Å². The number of ether oxygens (including phenoxy) is 1. The molecule has 3 rings (SSSR count). The number of halogens is 2. The summed E-state index contributed by atoms with van der Waals surface area (Å²) in [4.78, 5) is 14.1. The first-order valence-corrected chi connectivity index (χ1v) is 8.37. The minimum absolute atomic E-state index is 0.286. The van der Waals surface area contributed by atoms with Gasteiger partial charge in [-0.25, -0.2) is 9.18 Å². The van der Waals surface area contributed by atoms with Crippen LogP contribution in [0.1, 0.15) is 34.9 Å². The maximum Gasteiger partial charge on any atom is 0.354 e. The average Bonchev–Trinajstić information content (AvgIpc) is 3.07. The molecule has 128 valence electrons. The van der Waals surface area contributed by atoms with E-state index in [1.807, 2.05) is 16.8 Å². The second kappa shape index (κ2) is 7.36. The van der Waals surface area contributed by atoms with Crippen LogP contribution in [-0.4, -0.2) is 35.6 Å². The lowest BCUT2D eigenvalue weighted by Gasteiger charge is -2.33. The predicted octanol–water partition coefficient (Wildman–Crippen LogP) is 3.90. The number of benzene rings is 1. The zero-order valence-corrected chi connectivity index (χ0v) is 14.3. The number of nitrogens with zero attached hydrogens (tertiary/aromatic N) is 2. The Hall–Kier alpha value is -1.85. The third-order valence-corrected chi connectivity index (χ3v) is 4.88. The van der Waals surface area contributed by atoms with Crippen LogP contribution < -0.4 is 0 Å². The first-order chi connectivity index (χ1) is 11.6. The molecule has 1 saturated heterocycles. The van der Waals surface area contributed by atoms with Crippen LogP contribution >= 0.6 is 11.6 Å². The summed E-state index contributed by atoms with van der Waals surface area (Å²) in [6, 6.07) is 8.48. The highest BCUT2D eigenvalue weighted by Crippen LogP contribution is 2.27. The van der Waals surface area contributed by atoms with Gasteiger partial charge in [-0.3, -0.25) is 4.90 Å². The van der Waals surface area contributed by atoms with Gasteiger partial charge in [0.1, 0.15) is 11.5 Å². The standard InChI is InChI=1S/C18H20ClFN2O2/c1-24-18(23)17-3-2-8-22(17)15-6-9-21(10-7-15)12-13-4-5-14(20)11-16(13)19/h2-5,8,11,15H,6-7,9-10,12H2,1H3. The number of carbonyl (C=O) groups excluding carboxylic acids is 1. The molecule has 1 aliphatic heterocycles. The summed E-state index contributed by atoms with van der Waals surface area (Å²) < 4.78 is 20.0. The van der Waals surface area contributed by atoms with Crippen LogP contribution in [0.2, 0.25) is 5.02 Å². The Bertz CT molecular complexity index is 724. The highest BCUT2D eigenvalue weighted by Gasteiger charge is 2.24. The summed E-state index contributed by atoms with van der Waals surface area (Å²) in [5, 5.41) is 0.468. The second-order valence-corrected chi connectivity index (χ2v) is 6.44. The van der Waals surface area contributed by atoms with Gasteiger partial charge < -0.3 is 9.30 Å². The molecular weight excluding hydrogens is 331 g/mol. The normalized spacial score (nSPS) is 16.3. The Morgan fingerprint density at radius 1 is 1.33 bits per heavy atom. The van der Waals surface area contributed by atoms with Crippen molar-refractivity contribution in [3.8, 4) is 0 Å². The van der Waals surface area contributed by atoms with E-state index in [4.69, 9.17) is 16.3 Å². The highest BCUT2D eigenvalue weighted by molar-refractivity contribution is 6.31. The molecule has 6 heteroatoms. The Balaban J connectivity index is 1.62. The van der Waals surface area contributed by atoms with Crippen molar-refractivity contribution >= 4 is 17.6 Å². The van der Waals surface area contributed by atoms with Crippen molar-refractivity contribution in [2.45, 2.75) is 25.4 Å². The quantitative estimate of drug-likeness (QED) is 0.784. The molecule has 24 heavy (non-hydrogen) atoms. The fraction of sp³-hybridized carbons (Fsp3) is 0.389. The number of rotatable bonds is 4. The minimum atomic E-state index is -0.314. The SMILES string of the molecule is COC(=O)c1cccn1C1CCN(Cc2ccc(F)cc2Cl)CC1. The Morgan fingerprint density at radius 2 is 2.08 bits per heavy atom. The summed E-state index contributed by atoms with van der Waals surface area (Å²) in [6.45, 7) is 2.51. The zero-order chi connectivity index (χ0) is 17.1. The summed E-state index contributed by atoms with van der Waals surface area (Å²) in [6.07, 6.45) is 3.82. The highest BCUT2D eigenvalue weighted by atomic mass is 35.5. The van der Waals surface area contributed by atoms with E-state index in [1.165, 1.54) is 19.2 Å². The van der Waals surface area contributed by atoms with Gasteiger partial charge in [0.05, 0.1) is 7.11 Å². The van der Waals surface area contributed by atoms with E-state index in [1.54, 1.807) is 12.1 Å². The molecule has 2 aromatic rings. The average molecular weight is 351 g/mol. The number of piperidine rings is 1. The van der Waals surface area contributed by atoms with Crippen LogP contribution in [0.15, 0.2) is 36.5 Å². The second-order valence-electron chi connectivity index (χ2n) is 6.04. The predicted molar refractivity (Wildman–Crippen MR) is 90.7 cm³/mol. The third kappa shape index (κ3) is 3.62. The molecule has 1 fully saturated rings. The summed E-state index contributed by atoms with van der Waals surface area (Å²) in [5.41, 5.74) is 1.53. The van der Waals surface area contributed by atoms with Gasteiger partial charge in [-0.1, -0.05) is 17.7 Å². The molecule has 2 heterocycles. The molecule has 0 saturated carbocycles. The molecule has 0 spiro atoms. The van der Waals surface area contributed by atoms with E-state index in [0.29, 0.717) is 17.3 Å². The van der Waals surface area contributed by atoms with E-state index < -0.39 is 0 Å². The maximum absolute atomic E-state index is 13.1. The third-order valence-electron chi connectivity index (χ3n) is 4.53. The number of aromatic nitrogens is 1. The molecule has 0 radical (unpaired) electrons. The van der Waals surface area contributed by atoms with Crippen LogP contribution in [-0.2, 0) is 11.3 Å². The van der Waals surface area contributed by atoms with E-state index >= 15 is 0 Å². The van der Waals surface area contributed by atoms with Gasteiger partial charge in [0, 0.05) is 36.9 Å². The zero-order valence-electron chi connectivity index (χ0n) is 13.5. The van der Waals surface area contributed by atoms with Gasteiger partial charge in [-0.2, -0.15) is 0 Å². The number of methoxy groups -OCH3 is 1. The molecule has 1 aliphatic rings. The van der Waals surface area contributed by atoms with E-state index in [9.17, 15) is 9.18 Å². The fourth-order valence-electron chi connectivity index (χ4n) is 3.24. The molecule has 0 atom stereocenters. The van der Waals surface area contributed by atoms with Crippen molar-refractivity contribution in [2.75, 3.05) is 20.2 Å². The number of likely N-dealkylation sites (tertiary alicyclic amines) is 1. The molecular formula is C18H20ClFN2O2. The fourth-order valence-corrected chi connectivity index (χ4v) is 3.46. The van der Waals surface area contributed by atoms with Gasteiger partial charge in [-0.05, 0) is 42.7 Å². The summed E-state index contributed by atoms with van der Waals surface area (Å²) >= 11 is 6.11. The number of carbonyl (C=O) groups is 1. The topological polar surface area (TPSA) is 34.5 Å². The Kier molecular flexibility index (Phi) is 5.21. The minimum Gasteiger partial charge on any atom is -0.464 e. The molecule has 0 N–H and O–H groups in total. The van der Waals surface area contributed by atoms with Crippen molar-refractivity contribution < 1.29 is 13.9 Å². The maximum atomic E-state index is 13.1. The lowest BCUT2D eigenvalue weighted by atomic mass is 10.0. The van der Waals surface area contributed by atoms with Crippen molar-refractivity contribution in [3.63, 3.8) is 0 Å². The largest absolute Gasteiger partial charge is 0.464 e. The lowest BCUT2D eigenvalue weighted by molar-refractivity contribution is 0.0581. The van der Waals surface area contributed by atoms with Crippen LogP contribution in [0.25, 0.3) is 0 Å².